The first kappa shape index (κ1) is 10.1. The zero-order valence-corrected chi connectivity index (χ0v) is 9.82. The Bertz CT molecular complexity index is 725. The summed E-state index contributed by atoms with van der Waals surface area (Å²) in [7, 11) is 0. The number of H-pyrrole nitrogens is 3. The van der Waals surface area contributed by atoms with Crippen molar-refractivity contribution in [3.63, 3.8) is 0 Å². The Balaban J connectivity index is 1.85. The van der Waals surface area contributed by atoms with Crippen LogP contribution in [0.25, 0.3) is 11.2 Å². The van der Waals surface area contributed by atoms with E-state index < -0.39 is 11.2 Å². The molecular weight excluding hydrogens is 232 g/mol. The van der Waals surface area contributed by atoms with Gasteiger partial charge in [0.05, 0.1) is 0 Å². The SMILES string of the molecule is O=c1[nH]c(=O)c2[nH]c(C3CC4CCC3C4)nc2[nH]1. The molecule has 18 heavy (non-hydrogen) atoms. The van der Waals surface area contributed by atoms with Crippen molar-refractivity contribution in [3.8, 4) is 0 Å². The van der Waals surface area contributed by atoms with E-state index in [9.17, 15) is 9.59 Å². The van der Waals surface area contributed by atoms with Crippen molar-refractivity contribution in [2.24, 2.45) is 11.8 Å². The zero-order chi connectivity index (χ0) is 12.3. The van der Waals surface area contributed by atoms with Crippen LogP contribution in [0.1, 0.15) is 37.4 Å². The minimum absolute atomic E-state index is 0.376. The molecule has 2 aromatic heterocycles. The summed E-state index contributed by atoms with van der Waals surface area (Å²) in [6.07, 6.45) is 5.04. The maximum atomic E-state index is 11.6. The standard InChI is InChI=1S/C12H14N4O2/c17-11-8-10(15-12(18)16-11)14-9(13-8)7-4-5-1-2-6(7)3-5/h5-7H,1-4H2,(H3,13,14,15,16,17,18). The minimum Gasteiger partial charge on any atom is -0.336 e. The van der Waals surface area contributed by atoms with Crippen molar-refractivity contribution in [2.75, 3.05) is 0 Å². The van der Waals surface area contributed by atoms with E-state index in [1.165, 1.54) is 19.3 Å². The predicted octanol–water partition coefficient (Wildman–Crippen LogP) is 0.843. The second-order valence-corrected chi connectivity index (χ2v) is 5.54. The van der Waals surface area contributed by atoms with Crippen LogP contribution >= 0.6 is 0 Å². The molecule has 0 aliphatic heterocycles. The van der Waals surface area contributed by atoms with Crippen LogP contribution in [0.5, 0.6) is 0 Å². The highest BCUT2D eigenvalue weighted by Gasteiger charge is 2.41. The van der Waals surface area contributed by atoms with Crippen LogP contribution in [0.4, 0.5) is 0 Å². The van der Waals surface area contributed by atoms with Gasteiger partial charge in [-0.3, -0.25) is 14.8 Å². The first-order valence-electron chi connectivity index (χ1n) is 6.43. The second kappa shape index (κ2) is 3.34. The molecule has 0 radical (unpaired) electrons. The number of aromatic amines is 3. The Labute approximate surface area is 102 Å². The Hall–Kier alpha value is -1.85. The van der Waals surface area contributed by atoms with Crippen molar-refractivity contribution in [3.05, 3.63) is 26.7 Å². The molecule has 94 valence electrons. The number of hydrogen-bond donors (Lipinski definition) is 3. The smallest absolute Gasteiger partial charge is 0.327 e. The van der Waals surface area contributed by atoms with Gasteiger partial charge in [-0.1, -0.05) is 6.42 Å². The van der Waals surface area contributed by atoms with Crippen molar-refractivity contribution in [1.82, 2.24) is 19.9 Å². The molecule has 2 bridgehead atoms. The molecule has 3 N–H and O–H groups in total. The monoisotopic (exact) mass is 246 g/mol. The normalized spacial score (nSPS) is 30.3. The zero-order valence-electron chi connectivity index (χ0n) is 9.82. The van der Waals surface area contributed by atoms with Crippen LogP contribution in [0.2, 0.25) is 0 Å². The molecule has 2 aliphatic carbocycles. The maximum Gasteiger partial charge on any atom is 0.327 e. The lowest BCUT2D eigenvalue weighted by molar-refractivity contribution is 0.408. The molecule has 2 aliphatic rings. The fraction of sp³-hybridized carbons (Fsp3) is 0.583. The number of aromatic nitrogens is 4. The van der Waals surface area contributed by atoms with E-state index in [0.29, 0.717) is 23.0 Å². The van der Waals surface area contributed by atoms with Gasteiger partial charge in [0, 0.05) is 5.92 Å². The van der Waals surface area contributed by atoms with Crippen molar-refractivity contribution < 1.29 is 0 Å². The highest BCUT2D eigenvalue weighted by Crippen LogP contribution is 2.52. The Morgan fingerprint density at radius 1 is 1.06 bits per heavy atom. The van der Waals surface area contributed by atoms with Gasteiger partial charge in [-0.05, 0) is 31.1 Å². The summed E-state index contributed by atoms with van der Waals surface area (Å²) in [5, 5.41) is 0. The highest BCUT2D eigenvalue weighted by molar-refractivity contribution is 5.68. The summed E-state index contributed by atoms with van der Waals surface area (Å²) in [5.74, 6) is 2.82. The van der Waals surface area contributed by atoms with Gasteiger partial charge in [0.25, 0.3) is 5.56 Å². The van der Waals surface area contributed by atoms with Crippen LogP contribution < -0.4 is 11.2 Å². The third kappa shape index (κ3) is 1.31. The van der Waals surface area contributed by atoms with E-state index >= 15 is 0 Å². The predicted molar refractivity (Wildman–Crippen MR) is 65.5 cm³/mol. The molecule has 0 aromatic carbocycles. The molecule has 2 fully saturated rings. The molecule has 0 amide bonds. The van der Waals surface area contributed by atoms with Gasteiger partial charge >= 0.3 is 5.69 Å². The van der Waals surface area contributed by atoms with Crippen LogP contribution in [0.15, 0.2) is 9.59 Å². The average Bonchev–Trinajstić information content (AvgIpc) is 3.01. The maximum absolute atomic E-state index is 11.6. The third-order valence-corrected chi connectivity index (χ3v) is 4.50. The second-order valence-electron chi connectivity index (χ2n) is 5.54. The molecule has 2 saturated carbocycles. The minimum atomic E-state index is -0.501. The largest absolute Gasteiger partial charge is 0.336 e. The van der Waals surface area contributed by atoms with E-state index in [1.54, 1.807) is 0 Å². The van der Waals surface area contributed by atoms with Crippen LogP contribution in [0.3, 0.4) is 0 Å². The van der Waals surface area contributed by atoms with E-state index in [4.69, 9.17) is 0 Å². The summed E-state index contributed by atoms with van der Waals surface area (Å²) in [6.45, 7) is 0. The lowest BCUT2D eigenvalue weighted by atomic mass is 9.88. The number of hydrogen-bond acceptors (Lipinski definition) is 3. The topological polar surface area (TPSA) is 94.4 Å². The van der Waals surface area contributed by atoms with E-state index in [2.05, 4.69) is 19.9 Å². The Morgan fingerprint density at radius 3 is 2.67 bits per heavy atom. The van der Waals surface area contributed by atoms with Gasteiger partial charge in [-0.25, -0.2) is 9.78 Å². The molecule has 3 atom stereocenters. The fourth-order valence-corrected chi connectivity index (χ4v) is 3.71. The molecule has 2 aromatic rings. The summed E-state index contributed by atoms with van der Waals surface area (Å²) in [5.41, 5.74) is -0.136. The first-order chi connectivity index (χ1) is 8.70. The quantitative estimate of drug-likeness (QED) is 0.696. The number of nitrogens with zero attached hydrogens (tertiary/aromatic N) is 1. The highest BCUT2D eigenvalue weighted by atomic mass is 16.2. The van der Waals surface area contributed by atoms with Gasteiger partial charge in [-0.2, -0.15) is 0 Å². The Kier molecular flexibility index (Phi) is 1.87. The third-order valence-electron chi connectivity index (χ3n) is 4.50. The first-order valence-corrected chi connectivity index (χ1v) is 6.43. The van der Waals surface area contributed by atoms with E-state index in [-0.39, 0.29) is 0 Å². The molecule has 3 unspecified atom stereocenters. The lowest BCUT2D eigenvalue weighted by Gasteiger charge is -2.18. The van der Waals surface area contributed by atoms with E-state index in [0.717, 1.165) is 18.2 Å². The van der Waals surface area contributed by atoms with Crippen molar-refractivity contribution in [1.29, 1.82) is 0 Å². The fourth-order valence-electron chi connectivity index (χ4n) is 3.71. The van der Waals surface area contributed by atoms with E-state index in [1.807, 2.05) is 0 Å². The number of nitrogens with one attached hydrogen (secondary N) is 3. The summed E-state index contributed by atoms with van der Waals surface area (Å²) in [6, 6.07) is 0. The van der Waals surface area contributed by atoms with Crippen molar-refractivity contribution >= 4 is 11.2 Å². The summed E-state index contributed by atoms with van der Waals surface area (Å²) in [4.78, 5) is 35.1. The molecule has 6 nitrogen and oxygen atoms in total. The number of imidazole rings is 1. The number of rotatable bonds is 1. The average molecular weight is 246 g/mol. The van der Waals surface area contributed by atoms with Gasteiger partial charge in [-0.15, -0.1) is 0 Å². The lowest BCUT2D eigenvalue weighted by Crippen LogP contribution is -2.21. The van der Waals surface area contributed by atoms with Gasteiger partial charge in [0.2, 0.25) is 0 Å². The summed E-state index contributed by atoms with van der Waals surface area (Å²) < 4.78 is 0. The molecule has 0 saturated heterocycles. The van der Waals surface area contributed by atoms with Gasteiger partial charge in [0.1, 0.15) is 11.3 Å². The number of fused-ring (bicyclic) bond motifs is 3. The molecule has 6 heteroatoms. The van der Waals surface area contributed by atoms with Crippen LogP contribution in [-0.4, -0.2) is 19.9 Å². The van der Waals surface area contributed by atoms with Gasteiger partial charge in [0.15, 0.2) is 5.65 Å². The summed E-state index contributed by atoms with van der Waals surface area (Å²) >= 11 is 0. The molecule has 4 rings (SSSR count). The van der Waals surface area contributed by atoms with Gasteiger partial charge < -0.3 is 4.98 Å². The van der Waals surface area contributed by atoms with Crippen molar-refractivity contribution in [2.45, 2.75) is 31.6 Å². The molecular formula is C12H14N4O2. The molecule has 0 spiro atoms. The Morgan fingerprint density at radius 2 is 1.94 bits per heavy atom. The van der Waals surface area contributed by atoms with Crippen LogP contribution in [0, 0.1) is 11.8 Å². The molecule has 2 heterocycles. The van der Waals surface area contributed by atoms with Crippen LogP contribution in [-0.2, 0) is 0 Å².